The summed E-state index contributed by atoms with van der Waals surface area (Å²) in [5.41, 5.74) is 2.32. The fraction of sp³-hybridized carbons (Fsp3) is 0.591. The van der Waals surface area contributed by atoms with Crippen LogP contribution in [-0.4, -0.2) is 157 Å². The maximum absolute atomic E-state index is 6.34. The normalized spacial score (nSPS) is 24.8. The summed E-state index contributed by atoms with van der Waals surface area (Å²) in [6.45, 7) is 8.68. The molecule has 4 unspecified atom stereocenters. The summed E-state index contributed by atoms with van der Waals surface area (Å²) >= 11 is 0. The number of benzene rings is 2. The van der Waals surface area contributed by atoms with Crippen LogP contribution < -0.4 is 0 Å². The third kappa shape index (κ3) is 23.1. The number of ether oxygens (including phenoxy) is 12. The first kappa shape index (κ1) is 45.5. The molecule has 0 aromatic heterocycles. The molecule has 2 heterocycles. The smallest absolute Gasteiger partial charge is 0.141 e. The summed E-state index contributed by atoms with van der Waals surface area (Å²) < 4.78 is 70.4. The Bertz CT molecular complexity index is 1280. The molecule has 12 heteroatoms. The topological polar surface area (TPSA) is 111 Å². The average Bonchev–Trinajstić information content (AvgIpc) is 3.22. The van der Waals surface area contributed by atoms with Gasteiger partial charge in [0.05, 0.1) is 144 Å². The third-order valence-corrected chi connectivity index (χ3v) is 8.25. The molecule has 0 saturated carbocycles. The lowest BCUT2D eigenvalue weighted by molar-refractivity contribution is -0.0726. The Hall–Kier alpha value is -3.18. The van der Waals surface area contributed by atoms with Crippen LogP contribution in [0.3, 0.4) is 0 Å². The van der Waals surface area contributed by atoms with E-state index in [-0.39, 0.29) is 25.4 Å². The Balaban J connectivity index is 1.37. The summed E-state index contributed by atoms with van der Waals surface area (Å²) in [6.07, 6.45) is 3.40. The van der Waals surface area contributed by atoms with Crippen LogP contribution >= 0.6 is 0 Å². The van der Waals surface area contributed by atoms with E-state index in [0.29, 0.717) is 132 Å². The zero-order chi connectivity index (χ0) is 38.8. The van der Waals surface area contributed by atoms with E-state index in [0.717, 1.165) is 11.1 Å². The molecule has 2 aliphatic heterocycles. The first-order valence-corrected chi connectivity index (χ1v) is 19.7. The monoisotopic (exact) mass is 780 g/mol. The van der Waals surface area contributed by atoms with E-state index in [1.165, 1.54) is 0 Å². The van der Waals surface area contributed by atoms with Crippen LogP contribution in [0.25, 0.3) is 0 Å². The number of allylic oxidation sites excluding steroid dienone is 2. The molecule has 2 aromatic rings. The minimum atomic E-state index is -0.493. The molecule has 2 aliphatic rings. The molecule has 4 atom stereocenters. The number of hydrogen-bond donors (Lipinski definition) is 0. The maximum atomic E-state index is 6.34. The van der Waals surface area contributed by atoms with Gasteiger partial charge in [0.1, 0.15) is 12.2 Å². The lowest BCUT2D eigenvalue weighted by Crippen LogP contribution is -2.29. The van der Waals surface area contributed by atoms with Crippen LogP contribution in [-0.2, 0) is 69.7 Å². The molecule has 0 aliphatic carbocycles. The highest BCUT2D eigenvalue weighted by molar-refractivity contribution is 5.27. The number of rotatable bonds is 4. The molecule has 0 amide bonds. The van der Waals surface area contributed by atoms with Gasteiger partial charge in [0.15, 0.2) is 0 Å². The molecule has 2 saturated heterocycles. The van der Waals surface area contributed by atoms with Gasteiger partial charge in [-0.25, -0.2) is 0 Å². The second-order valence-electron chi connectivity index (χ2n) is 12.7. The fourth-order valence-corrected chi connectivity index (χ4v) is 5.41. The Labute approximate surface area is 333 Å². The van der Waals surface area contributed by atoms with Gasteiger partial charge in [-0.1, -0.05) is 84.3 Å². The van der Waals surface area contributed by atoms with Gasteiger partial charge in [-0.2, -0.15) is 0 Å². The van der Waals surface area contributed by atoms with E-state index in [9.17, 15) is 0 Å². The summed E-state index contributed by atoms with van der Waals surface area (Å²) in [5, 5.41) is 0. The van der Waals surface area contributed by atoms with Crippen molar-refractivity contribution in [3.8, 4) is 23.7 Å². The van der Waals surface area contributed by atoms with Gasteiger partial charge >= 0.3 is 0 Å². The van der Waals surface area contributed by atoms with Crippen molar-refractivity contribution in [3.63, 3.8) is 0 Å². The highest BCUT2D eigenvalue weighted by atomic mass is 16.6. The molecule has 0 bridgehead atoms. The van der Waals surface area contributed by atoms with Crippen molar-refractivity contribution in [1.82, 2.24) is 0 Å². The SMILES string of the molecule is C(#CC1COC(Cc2ccccc2)COCCOCCOCCOCCO1)/C=C\C#CC1COC(Cc2ccccc2)COCCOCCOCCOCCO1. The van der Waals surface area contributed by atoms with Gasteiger partial charge in [-0.15, -0.1) is 0 Å². The van der Waals surface area contributed by atoms with Crippen molar-refractivity contribution >= 4 is 0 Å². The Morgan fingerprint density at radius 2 is 0.696 bits per heavy atom. The summed E-state index contributed by atoms with van der Waals surface area (Å²) in [7, 11) is 0. The molecule has 0 radical (unpaired) electrons. The molecular weight excluding hydrogens is 720 g/mol. The zero-order valence-electron chi connectivity index (χ0n) is 32.7. The van der Waals surface area contributed by atoms with Crippen molar-refractivity contribution in [2.24, 2.45) is 0 Å². The van der Waals surface area contributed by atoms with E-state index < -0.39 is 12.2 Å². The standard InChI is InChI=1S/C44H60O12/c1(9-15-41-37-55-43(33-39-11-5-3-6-12-39)35-51-27-25-47-19-17-45-21-23-49-29-31-53-41)2-10-16-42-38-56-44(34-40-13-7-4-8-14-40)36-52-28-26-48-20-18-46-22-24-50-30-32-54-42/h1-8,11-14,41-44H,17-38H2/b2-1-. The van der Waals surface area contributed by atoms with Crippen molar-refractivity contribution in [1.29, 1.82) is 0 Å². The first-order chi connectivity index (χ1) is 27.8. The van der Waals surface area contributed by atoms with Gasteiger partial charge in [0.25, 0.3) is 0 Å². The minimum absolute atomic E-state index is 0.193. The Kier molecular flexibility index (Phi) is 25.9. The Morgan fingerprint density at radius 3 is 1.05 bits per heavy atom. The quantitative estimate of drug-likeness (QED) is 0.422. The average molecular weight is 781 g/mol. The second kappa shape index (κ2) is 31.9. The Morgan fingerprint density at radius 1 is 0.375 bits per heavy atom. The van der Waals surface area contributed by atoms with Gasteiger partial charge in [0, 0.05) is 12.8 Å². The van der Waals surface area contributed by atoms with Crippen LogP contribution in [0.5, 0.6) is 0 Å². The van der Waals surface area contributed by atoms with E-state index in [2.05, 4.69) is 47.9 Å². The predicted octanol–water partition coefficient (Wildman–Crippen LogP) is 3.74. The minimum Gasteiger partial charge on any atom is -0.377 e. The lowest BCUT2D eigenvalue weighted by Gasteiger charge is -2.21. The van der Waals surface area contributed by atoms with Crippen LogP contribution in [0, 0.1) is 23.7 Å². The van der Waals surface area contributed by atoms with Gasteiger partial charge < -0.3 is 56.8 Å². The first-order valence-electron chi connectivity index (χ1n) is 19.7. The van der Waals surface area contributed by atoms with E-state index >= 15 is 0 Å². The van der Waals surface area contributed by atoms with Crippen molar-refractivity contribution < 1.29 is 56.8 Å². The van der Waals surface area contributed by atoms with Crippen molar-refractivity contribution in [2.75, 3.05) is 132 Å². The van der Waals surface area contributed by atoms with E-state index in [1.54, 1.807) is 12.2 Å². The van der Waals surface area contributed by atoms with Gasteiger partial charge in [0.2, 0.25) is 0 Å². The molecule has 2 fully saturated rings. The maximum Gasteiger partial charge on any atom is 0.141 e. The molecule has 2 aromatic carbocycles. The summed E-state index contributed by atoms with van der Waals surface area (Å²) in [6, 6.07) is 20.4. The summed E-state index contributed by atoms with van der Waals surface area (Å²) in [4.78, 5) is 0. The zero-order valence-corrected chi connectivity index (χ0v) is 32.7. The van der Waals surface area contributed by atoms with Crippen LogP contribution in [0.2, 0.25) is 0 Å². The van der Waals surface area contributed by atoms with E-state index in [1.807, 2.05) is 36.4 Å². The van der Waals surface area contributed by atoms with E-state index in [4.69, 9.17) is 56.8 Å². The molecule has 0 spiro atoms. The van der Waals surface area contributed by atoms with Gasteiger partial charge in [-0.3, -0.25) is 0 Å². The third-order valence-electron chi connectivity index (χ3n) is 8.25. The van der Waals surface area contributed by atoms with Crippen LogP contribution in [0.1, 0.15) is 11.1 Å². The van der Waals surface area contributed by atoms with Crippen LogP contribution in [0.4, 0.5) is 0 Å². The van der Waals surface area contributed by atoms with Crippen molar-refractivity contribution in [3.05, 3.63) is 83.9 Å². The fourth-order valence-electron chi connectivity index (χ4n) is 5.41. The molecule has 56 heavy (non-hydrogen) atoms. The second-order valence-corrected chi connectivity index (χ2v) is 12.7. The molecule has 308 valence electrons. The highest BCUT2D eigenvalue weighted by Gasteiger charge is 2.16. The van der Waals surface area contributed by atoms with Crippen LogP contribution in [0.15, 0.2) is 72.8 Å². The van der Waals surface area contributed by atoms with Gasteiger partial charge in [-0.05, 0) is 23.3 Å². The molecule has 0 N–H and O–H groups in total. The molecule has 12 nitrogen and oxygen atoms in total. The molecule has 4 rings (SSSR count). The van der Waals surface area contributed by atoms with Crippen molar-refractivity contribution in [2.45, 2.75) is 37.3 Å². The number of hydrogen-bond acceptors (Lipinski definition) is 12. The lowest BCUT2D eigenvalue weighted by atomic mass is 10.1. The predicted molar refractivity (Wildman–Crippen MR) is 210 cm³/mol. The summed E-state index contributed by atoms with van der Waals surface area (Å²) in [5.74, 6) is 12.5. The highest BCUT2D eigenvalue weighted by Crippen LogP contribution is 2.10. The largest absolute Gasteiger partial charge is 0.377 e. The molecular formula is C44H60O12.